The normalized spacial score (nSPS) is 13.0. The zero-order chi connectivity index (χ0) is 15.8. The minimum Gasteiger partial charge on any atom is -0.387 e. The second-order valence-electron chi connectivity index (χ2n) is 4.94. The minimum absolute atomic E-state index is 0.0509. The van der Waals surface area contributed by atoms with Crippen molar-refractivity contribution < 1.29 is 4.79 Å². The zero-order valence-electron chi connectivity index (χ0n) is 12.3. The summed E-state index contributed by atoms with van der Waals surface area (Å²) in [4.78, 5) is 15.5. The van der Waals surface area contributed by atoms with Gasteiger partial charge in [0.15, 0.2) is 0 Å². The molecule has 0 aliphatic heterocycles. The summed E-state index contributed by atoms with van der Waals surface area (Å²) >= 11 is 11.8. The van der Waals surface area contributed by atoms with Crippen LogP contribution in [0.4, 0.5) is 5.69 Å². The second kappa shape index (κ2) is 8.90. The highest BCUT2D eigenvalue weighted by molar-refractivity contribution is 6.42. The van der Waals surface area contributed by atoms with Gasteiger partial charge >= 0.3 is 0 Å². The van der Waals surface area contributed by atoms with E-state index in [0.717, 1.165) is 18.5 Å². The number of benzene rings is 1. The van der Waals surface area contributed by atoms with Crippen molar-refractivity contribution in [1.29, 1.82) is 0 Å². The number of hydrogen-bond acceptors (Lipinski definition) is 2. The first-order valence-corrected chi connectivity index (χ1v) is 7.75. The van der Waals surface area contributed by atoms with Crippen LogP contribution < -0.4 is 11.1 Å². The number of unbranched alkanes of at least 4 members (excludes halogenated alkanes) is 1. The summed E-state index contributed by atoms with van der Waals surface area (Å²) in [6, 6.07) is 5.31. The molecule has 0 bridgehead atoms. The SMILES string of the molecule is CCCCC(=O)N=C(N)[C@@H](C)CNc1ccc(Cl)c(Cl)c1. The van der Waals surface area contributed by atoms with Crippen molar-refractivity contribution in [2.24, 2.45) is 16.6 Å². The Bertz CT molecular complexity index is 518. The molecule has 1 amide bonds. The average Bonchev–Trinajstić information content (AvgIpc) is 2.45. The molecule has 0 heterocycles. The molecule has 0 aliphatic rings. The minimum atomic E-state index is -0.157. The van der Waals surface area contributed by atoms with Crippen LogP contribution >= 0.6 is 23.2 Å². The molecule has 1 aromatic rings. The average molecular weight is 330 g/mol. The Morgan fingerprint density at radius 2 is 2.10 bits per heavy atom. The van der Waals surface area contributed by atoms with Gasteiger partial charge in [-0.15, -0.1) is 0 Å². The number of nitrogens with two attached hydrogens (primary N) is 1. The molecule has 0 fully saturated rings. The third-order valence-corrected chi connectivity index (χ3v) is 3.77. The van der Waals surface area contributed by atoms with Gasteiger partial charge in [-0.3, -0.25) is 4.79 Å². The molecule has 116 valence electrons. The van der Waals surface area contributed by atoms with Crippen LogP contribution in [-0.2, 0) is 4.79 Å². The smallest absolute Gasteiger partial charge is 0.247 e. The van der Waals surface area contributed by atoms with Gasteiger partial charge in [0.2, 0.25) is 5.91 Å². The lowest BCUT2D eigenvalue weighted by molar-refractivity contribution is -0.117. The van der Waals surface area contributed by atoms with Gasteiger partial charge in [-0.25, -0.2) is 4.99 Å². The Hall–Kier alpha value is -1.26. The number of carbonyl (C=O) groups is 1. The highest BCUT2D eigenvalue weighted by atomic mass is 35.5. The van der Waals surface area contributed by atoms with E-state index in [2.05, 4.69) is 10.3 Å². The molecule has 0 aromatic heterocycles. The molecule has 0 spiro atoms. The zero-order valence-corrected chi connectivity index (χ0v) is 13.8. The van der Waals surface area contributed by atoms with E-state index in [9.17, 15) is 4.79 Å². The largest absolute Gasteiger partial charge is 0.387 e. The summed E-state index contributed by atoms with van der Waals surface area (Å²) < 4.78 is 0. The molecule has 0 saturated heterocycles. The van der Waals surface area contributed by atoms with Crippen molar-refractivity contribution in [3.63, 3.8) is 0 Å². The number of aliphatic imine (C=N–C) groups is 1. The first-order valence-electron chi connectivity index (χ1n) is 6.99. The standard InChI is InChI=1S/C15H21Cl2N3O/c1-3-4-5-14(21)20-15(18)10(2)9-19-11-6-7-12(16)13(17)8-11/h6-8,10,19H,3-5,9H2,1-2H3,(H2,18,20,21)/t10-/m0/s1. The van der Waals surface area contributed by atoms with Crippen molar-refractivity contribution in [1.82, 2.24) is 0 Å². The number of rotatable bonds is 7. The number of carbonyl (C=O) groups excluding carboxylic acids is 1. The van der Waals surface area contributed by atoms with Crippen LogP contribution in [0.3, 0.4) is 0 Å². The number of anilines is 1. The lowest BCUT2D eigenvalue weighted by Gasteiger charge is -2.13. The fourth-order valence-electron chi connectivity index (χ4n) is 1.62. The Kier molecular flexibility index (Phi) is 7.54. The van der Waals surface area contributed by atoms with E-state index in [0.29, 0.717) is 28.8 Å². The predicted molar refractivity (Wildman–Crippen MR) is 90.3 cm³/mol. The first kappa shape index (κ1) is 17.8. The summed E-state index contributed by atoms with van der Waals surface area (Å²) in [6.07, 6.45) is 2.26. The lowest BCUT2D eigenvalue weighted by Crippen LogP contribution is -2.28. The van der Waals surface area contributed by atoms with Crippen LogP contribution in [0, 0.1) is 5.92 Å². The highest BCUT2D eigenvalue weighted by Gasteiger charge is 2.09. The van der Waals surface area contributed by atoms with Crippen LogP contribution in [0.1, 0.15) is 33.1 Å². The summed E-state index contributed by atoms with van der Waals surface area (Å²) in [5.74, 6) is 0.143. The van der Waals surface area contributed by atoms with Crippen LogP contribution in [0.25, 0.3) is 0 Å². The molecule has 21 heavy (non-hydrogen) atoms. The number of halogens is 2. The van der Waals surface area contributed by atoms with Crippen molar-refractivity contribution in [3.8, 4) is 0 Å². The monoisotopic (exact) mass is 329 g/mol. The van der Waals surface area contributed by atoms with E-state index in [1.165, 1.54) is 0 Å². The van der Waals surface area contributed by atoms with Gasteiger partial charge in [-0.1, -0.05) is 43.5 Å². The van der Waals surface area contributed by atoms with Crippen molar-refractivity contribution in [2.45, 2.75) is 33.1 Å². The molecule has 1 aromatic carbocycles. The molecule has 1 rings (SSSR count). The van der Waals surface area contributed by atoms with Crippen LogP contribution in [0.2, 0.25) is 10.0 Å². The fraction of sp³-hybridized carbons (Fsp3) is 0.467. The maximum absolute atomic E-state index is 11.6. The predicted octanol–water partition coefficient (Wildman–Crippen LogP) is 4.12. The summed E-state index contributed by atoms with van der Waals surface area (Å²) in [5.41, 5.74) is 6.70. The maximum Gasteiger partial charge on any atom is 0.247 e. The van der Waals surface area contributed by atoms with Gasteiger partial charge in [0.25, 0.3) is 0 Å². The second-order valence-corrected chi connectivity index (χ2v) is 5.76. The Labute approximate surface area is 135 Å². The number of amides is 1. The van der Waals surface area contributed by atoms with Gasteiger partial charge in [0.1, 0.15) is 5.84 Å². The Morgan fingerprint density at radius 1 is 1.38 bits per heavy atom. The molecular formula is C15H21Cl2N3O. The van der Waals surface area contributed by atoms with Crippen molar-refractivity contribution in [3.05, 3.63) is 28.2 Å². The number of amidine groups is 1. The molecule has 0 radical (unpaired) electrons. The summed E-state index contributed by atoms with van der Waals surface area (Å²) in [7, 11) is 0. The van der Waals surface area contributed by atoms with Gasteiger partial charge in [0, 0.05) is 24.6 Å². The molecule has 0 unspecified atom stereocenters. The molecule has 0 aliphatic carbocycles. The highest BCUT2D eigenvalue weighted by Crippen LogP contribution is 2.25. The third kappa shape index (κ3) is 6.36. The van der Waals surface area contributed by atoms with Crippen molar-refractivity contribution >= 4 is 40.6 Å². The molecule has 4 nitrogen and oxygen atoms in total. The van der Waals surface area contributed by atoms with E-state index >= 15 is 0 Å². The van der Waals surface area contributed by atoms with Gasteiger partial charge in [0.05, 0.1) is 10.0 Å². The number of nitrogens with zero attached hydrogens (tertiary/aromatic N) is 1. The quantitative estimate of drug-likeness (QED) is 0.584. The van der Waals surface area contributed by atoms with E-state index in [1.807, 2.05) is 19.9 Å². The molecular weight excluding hydrogens is 309 g/mol. The molecule has 3 N–H and O–H groups in total. The maximum atomic E-state index is 11.6. The molecule has 0 saturated carbocycles. The van der Waals surface area contributed by atoms with E-state index in [-0.39, 0.29) is 11.8 Å². The van der Waals surface area contributed by atoms with Crippen LogP contribution in [0.5, 0.6) is 0 Å². The van der Waals surface area contributed by atoms with E-state index in [4.69, 9.17) is 28.9 Å². The van der Waals surface area contributed by atoms with E-state index < -0.39 is 0 Å². The third-order valence-electron chi connectivity index (χ3n) is 3.03. The van der Waals surface area contributed by atoms with Crippen LogP contribution in [0.15, 0.2) is 23.2 Å². The molecule has 6 heteroatoms. The number of nitrogens with one attached hydrogen (secondary N) is 1. The lowest BCUT2D eigenvalue weighted by atomic mass is 10.1. The van der Waals surface area contributed by atoms with Crippen molar-refractivity contribution in [2.75, 3.05) is 11.9 Å². The topological polar surface area (TPSA) is 67.5 Å². The Balaban J connectivity index is 2.52. The first-order chi connectivity index (χ1) is 9.93. The van der Waals surface area contributed by atoms with Crippen LogP contribution in [-0.4, -0.2) is 18.3 Å². The van der Waals surface area contributed by atoms with Gasteiger partial charge in [-0.2, -0.15) is 0 Å². The van der Waals surface area contributed by atoms with Gasteiger partial charge in [-0.05, 0) is 24.6 Å². The summed E-state index contributed by atoms with van der Waals surface area (Å²) in [6.45, 7) is 4.51. The van der Waals surface area contributed by atoms with E-state index in [1.54, 1.807) is 12.1 Å². The Morgan fingerprint density at radius 3 is 2.71 bits per heavy atom. The fourth-order valence-corrected chi connectivity index (χ4v) is 1.92. The number of hydrogen-bond donors (Lipinski definition) is 2. The summed E-state index contributed by atoms with van der Waals surface area (Å²) in [5, 5.41) is 4.20. The molecule has 1 atom stereocenters. The van der Waals surface area contributed by atoms with Gasteiger partial charge < -0.3 is 11.1 Å².